The van der Waals surface area contributed by atoms with Crippen LogP contribution in [0.25, 0.3) is 0 Å². The van der Waals surface area contributed by atoms with Crippen molar-refractivity contribution in [1.82, 2.24) is 10.3 Å². The van der Waals surface area contributed by atoms with Gasteiger partial charge in [-0.1, -0.05) is 13.8 Å². The fourth-order valence-electron chi connectivity index (χ4n) is 1.42. The van der Waals surface area contributed by atoms with Crippen LogP contribution in [0.4, 0.5) is 0 Å². The SMILES string of the molecule is CC(C)c1ccnc(C(=O)NC2CC2)c1. The van der Waals surface area contributed by atoms with E-state index in [1.54, 1.807) is 6.20 Å². The number of amides is 1. The van der Waals surface area contributed by atoms with Crippen LogP contribution in [0, 0.1) is 0 Å². The minimum atomic E-state index is -0.0417. The van der Waals surface area contributed by atoms with Crippen LogP contribution in [0.15, 0.2) is 18.3 Å². The number of carbonyl (C=O) groups is 1. The standard InChI is InChI=1S/C12H16N2O/c1-8(2)9-5-6-13-11(7-9)12(15)14-10-3-4-10/h5-8,10H,3-4H2,1-2H3,(H,14,15). The van der Waals surface area contributed by atoms with Crippen LogP contribution < -0.4 is 5.32 Å². The Kier molecular flexibility index (Phi) is 2.71. The molecule has 0 unspecified atom stereocenters. The molecule has 2 rings (SSSR count). The summed E-state index contributed by atoms with van der Waals surface area (Å²) in [4.78, 5) is 15.8. The van der Waals surface area contributed by atoms with Gasteiger partial charge in [-0.25, -0.2) is 0 Å². The Bertz CT molecular complexity index is 370. The summed E-state index contributed by atoms with van der Waals surface area (Å²) in [6.45, 7) is 4.22. The van der Waals surface area contributed by atoms with Crippen molar-refractivity contribution in [3.05, 3.63) is 29.6 Å². The van der Waals surface area contributed by atoms with Gasteiger partial charge in [-0.3, -0.25) is 9.78 Å². The third-order valence-corrected chi connectivity index (χ3v) is 2.60. The summed E-state index contributed by atoms with van der Waals surface area (Å²) in [5.41, 5.74) is 1.69. The average Bonchev–Trinajstić information content (AvgIpc) is 3.02. The summed E-state index contributed by atoms with van der Waals surface area (Å²) in [7, 11) is 0. The maximum atomic E-state index is 11.7. The lowest BCUT2D eigenvalue weighted by Crippen LogP contribution is -2.26. The van der Waals surface area contributed by atoms with Crippen LogP contribution in [-0.2, 0) is 0 Å². The molecule has 3 heteroatoms. The zero-order valence-corrected chi connectivity index (χ0v) is 9.16. The number of nitrogens with zero attached hydrogens (tertiary/aromatic N) is 1. The van der Waals surface area contributed by atoms with Gasteiger partial charge in [0.25, 0.3) is 5.91 Å². The summed E-state index contributed by atoms with van der Waals surface area (Å²) in [6, 6.07) is 4.23. The fraction of sp³-hybridized carbons (Fsp3) is 0.500. The molecule has 1 saturated carbocycles. The summed E-state index contributed by atoms with van der Waals surface area (Å²) >= 11 is 0. The lowest BCUT2D eigenvalue weighted by atomic mass is 10.0. The van der Waals surface area contributed by atoms with Gasteiger partial charge < -0.3 is 5.32 Å². The van der Waals surface area contributed by atoms with Gasteiger partial charge in [-0.15, -0.1) is 0 Å². The molecule has 0 aliphatic heterocycles. The molecule has 0 aromatic carbocycles. The van der Waals surface area contributed by atoms with Crippen molar-refractivity contribution in [3.63, 3.8) is 0 Å². The monoisotopic (exact) mass is 204 g/mol. The Labute approximate surface area is 89.9 Å². The molecule has 1 N–H and O–H groups in total. The second kappa shape index (κ2) is 4.01. The van der Waals surface area contributed by atoms with Crippen molar-refractivity contribution < 1.29 is 4.79 Å². The third kappa shape index (κ3) is 2.55. The zero-order chi connectivity index (χ0) is 10.8. The van der Waals surface area contributed by atoms with Gasteiger partial charge in [0.2, 0.25) is 0 Å². The number of aromatic nitrogens is 1. The van der Waals surface area contributed by atoms with E-state index < -0.39 is 0 Å². The first-order valence-electron chi connectivity index (χ1n) is 5.43. The van der Waals surface area contributed by atoms with Crippen molar-refractivity contribution in [2.75, 3.05) is 0 Å². The minimum Gasteiger partial charge on any atom is -0.348 e. The molecule has 15 heavy (non-hydrogen) atoms. The van der Waals surface area contributed by atoms with Crippen LogP contribution in [0.2, 0.25) is 0 Å². The molecule has 0 spiro atoms. The molecule has 1 aliphatic carbocycles. The highest BCUT2D eigenvalue weighted by atomic mass is 16.2. The Morgan fingerprint density at radius 1 is 1.53 bits per heavy atom. The fourth-order valence-corrected chi connectivity index (χ4v) is 1.42. The van der Waals surface area contributed by atoms with Crippen LogP contribution in [-0.4, -0.2) is 16.9 Å². The molecule has 0 saturated heterocycles. The topological polar surface area (TPSA) is 42.0 Å². The van der Waals surface area contributed by atoms with Crippen molar-refractivity contribution in [2.45, 2.75) is 38.6 Å². The Balaban J connectivity index is 2.12. The van der Waals surface area contributed by atoms with Crippen molar-refractivity contribution in [2.24, 2.45) is 0 Å². The third-order valence-electron chi connectivity index (χ3n) is 2.60. The first kappa shape index (κ1) is 10.1. The van der Waals surface area contributed by atoms with E-state index in [4.69, 9.17) is 0 Å². The molecule has 1 aromatic rings. The van der Waals surface area contributed by atoms with Gasteiger partial charge in [-0.2, -0.15) is 0 Å². The molecule has 1 amide bonds. The number of hydrogen-bond acceptors (Lipinski definition) is 2. The normalized spacial score (nSPS) is 15.4. The van der Waals surface area contributed by atoms with E-state index >= 15 is 0 Å². The Hall–Kier alpha value is -1.38. The number of rotatable bonds is 3. The largest absolute Gasteiger partial charge is 0.348 e. The van der Waals surface area contributed by atoms with Gasteiger partial charge in [-0.05, 0) is 36.5 Å². The van der Waals surface area contributed by atoms with E-state index in [2.05, 4.69) is 24.1 Å². The van der Waals surface area contributed by atoms with E-state index in [1.807, 2.05) is 12.1 Å². The molecule has 0 radical (unpaired) electrons. The van der Waals surface area contributed by atoms with Gasteiger partial charge in [0.05, 0.1) is 0 Å². The highest BCUT2D eigenvalue weighted by molar-refractivity contribution is 5.92. The highest BCUT2D eigenvalue weighted by Crippen LogP contribution is 2.19. The smallest absolute Gasteiger partial charge is 0.270 e. The number of nitrogens with one attached hydrogen (secondary N) is 1. The quantitative estimate of drug-likeness (QED) is 0.819. The second-order valence-electron chi connectivity index (χ2n) is 4.38. The van der Waals surface area contributed by atoms with Crippen molar-refractivity contribution in [1.29, 1.82) is 0 Å². The van der Waals surface area contributed by atoms with Crippen molar-refractivity contribution >= 4 is 5.91 Å². The predicted octanol–water partition coefficient (Wildman–Crippen LogP) is 2.10. The molecule has 0 atom stereocenters. The zero-order valence-electron chi connectivity index (χ0n) is 9.16. The predicted molar refractivity (Wildman–Crippen MR) is 58.8 cm³/mol. The first-order valence-corrected chi connectivity index (χ1v) is 5.43. The minimum absolute atomic E-state index is 0.0417. The average molecular weight is 204 g/mol. The molecule has 1 heterocycles. The lowest BCUT2D eigenvalue weighted by molar-refractivity contribution is 0.0946. The summed E-state index contributed by atoms with van der Waals surface area (Å²) in [5.74, 6) is 0.389. The maximum absolute atomic E-state index is 11.7. The highest BCUT2D eigenvalue weighted by Gasteiger charge is 2.24. The van der Waals surface area contributed by atoms with Gasteiger partial charge in [0, 0.05) is 12.2 Å². The Morgan fingerprint density at radius 2 is 2.27 bits per heavy atom. The molecule has 1 fully saturated rings. The van der Waals surface area contributed by atoms with E-state index in [-0.39, 0.29) is 5.91 Å². The Morgan fingerprint density at radius 3 is 2.87 bits per heavy atom. The van der Waals surface area contributed by atoms with E-state index in [1.165, 1.54) is 0 Å². The number of carbonyl (C=O) groups excluding carboxylic acids is 1. The lowest BCUT2D eigenvalue weighted by Gasteiger charge is -2.07. The molecule has 1 aromatic heterocycles. The second-order valence-corrected chi connectivity index (χ2v) is 4.38. The van der Waals surface area contributed by atoms with E-state index in [0.29, 0.717) is 17.7 Å². The molecule has 1 aliphatic rings. The number of hydrogen-bond donors (Lipinski definition) is 1. The first-order chi connectivity index (χ1) is 7.16. The van der Waals surface area contributed by atoms with Crippen molar-refractivity contribution in [3.8, 4) is 0 Å². The molecule has 0 bridgehead atoms. The van der Waals surface area contributed by atoms with Gasteiger partial charge >= 0.3 is 0 Å². The van der Waals surface area contributed by atoms with Crippen LogP contribution in [0.1, 0.15) is 48.7 Å². The maximum Gasteiger partial charge on any atom is 0.270 e. The van der Waals surface area contributed by atoms with E-state index in [0.717, 1.165) is 18.4 Å². The molecule has 3 nitrogen and oxygen atoms in total. The summed E-state index contributed by atoms with van der Waals surface area (Å²) in [6.07, 6.45) is 3.92. The van der Waals surface area contributed by atoms with E-state index in [9.17, 15) is 4.79 Å². The van der Waals surface area contributed by atoms with Gasteiger partial charge in [0.15, 0.2) is 0 Å². The molecular formula is C12H16N2O. The molecular weight excluding hydrogens is 188 g/mol. The van der Waals surface area contributed by atoms with Crippen LogP contribution in [0.3, 0.4) is 0 Å². The summed E-state index contributed by atoms with van der Waals surface area (Å²) < 4.78 is 0. The number of pyridine rings is 1. The van der Waals surface area contributed by atoms with Crippen LogP contribution >= 0.6 is 0 Å². The van der Waals surface area contributed by atoms with Crippen LogP contribution in [0.5, 0.6) is 0 Å². The summed E-state index contributed by atoms with van der Waals surface area (Å²) in [5, 5.41) is 2.93. The molecule has 80 valence electrons. The van der Waals surface area contributed by atoms with Gasteiger partial charge in [0.1, 0.15) is 5.69 Å².